The molecule has 0 aromatic heterocycles. The molecule has 2 aromatic carbocycles. The highest BCUT2D eigenvalue weighted by Gasteiger charge is 2.51. The number of hydrogen-bond acceptors (Lipinski definition) is 5. The SMILES string of the molecule is CC1=CC[C@@H]2C(=O)N(N(Cc3ccccc3F)C(=O)c3ccc([N+](=O)[O-])cc3)C(=O)[C@H]2C1. The Morgan fingerprint density at radius 3 is 2.44 bits per heavy atom. The summed E-state index contributed by atoms with van der Waals surface area (Å²) in [6, 6.07) is 10.6. The summed E-state index contributed by atoms with van der Waals surface area (Å²) in [5, 5.41) is 12.7. The van der Waals surface area contributed by atoms with Gasteiger partial charge in [0.15, 0.2) is 0 Å². The molecular formula is C23H20FN3O5. The maximum atomic E-state index is 14.4. The fourth-order valence-electron chi connectivity index (χ4n) is 4.15. The number of benzene rings is 2. The van der Waals surface area contributed by atoms with E-state index in [2.05, 4.69) is 0 Å². The molecule has 0 radical (unpaired) electrons. The van der Waals surface area contributed by atoms with E-state index in [0.29, 0.717) is 12.8 Å². The molecule has 32 heavy (non-hydrogen) atoms. The van der Waals surface area contributed by atoms with Crippen LogP contribution in [-0.2, 0) is 16.1 Å². The fraction of sp³-hybridized carbons (Fsp3) is 0.261. The van der Waals surface area contributed by atoms with Crippen molar-refractivity contribution >= 4 is 23.4 Å². The summed E-state index contributed by atoms with van der Waals surface area (Å²) in [5.74, 6) is -3.45. The number of fused-ring (bicyclic) bond motifs is 1. The van der Waals surface area contributed by atoms with Crippen molar-refractivity contribution in [3.05, 3.63) is 87.2 Å². The second-order valence-electron chi connectivity index (χ2n) is 7.95. The first kappa shape index (κ1) is 21.4. The first-order valence-electron chi connectivity index (χ1n) is 10.1. The van der Waals surface area contributed by atoms with Crippen molar-refractivity contribution in [1.82, 2.24) is 10.0 Å². The maximum Gasteiger partial charge on any atom is 0.273 e. The molecule has 1 fully saturated rings. The molecular weight excluding hydrogens is 417 g/mol. The van der Waals surface area contributed by atoms with Gasteiger partial charge in [-0.3, -0.25) is 24.5 Å². The minimum absolute atomic E-state index is 0.0386. The molecule has 9 heteroatoms. The Labute approximate surface area is 183 Å². The average Bonchev–Trinajstić information content (AvgIpc) is 3.02. The lowest BCUT2D eigenvalue weighted by atomic mass is 9.82. The van der Waals surface area contributed by atoms with Crippen LogP contribution in [0.1, 0.15) is 35.7 Å². The third-order valence-electron chi connectivity index (χ3n) is 5.88. The molecule has 2 aromatic rings. The summed E-state index contributed by atoms with van der Waals surface area (Å²) < 4.78 is 14.4. The minimum atomic E-state index is -0.729. The highest BCUT2D eigenvalue weighted by atomic mass is 19.1. The molecule has 1 aliphatic heterocycles. The van der Waals surface area contributed by atoms with Crippen LogP contribution in [0.25, 0.3) is 0 Å². The van der Waals surface area contributed by atoms with Crippen LogP contribution in [0.5, 0.6) is 0 Å². The molecule has 0 saturated carbocycles. The normalized spacial score (nSPS) is 20.1. The number of imide groups is 1. The Morgan fingerprint density at radius 1 is 1.12 bits per heavy atom. The maximum absolute atomic E-state index is 14.4. The third kappa shape index (κ3) is 3.77. The van der Waals surface area contributed by atoms with E-state index >= 15 is 0 Å². The average molecular weight is 437 g/mol. The van der Waals surface area contributed by atoms with Gasteiger partial charge in [-0.15, -0.1) is 0 Å². The number of non-ortho nitro benzene ring substituents is 1. The van der Waals surface area contributed by atoms with Gasteiger partial charge in [-0.25, -0.2) is 9.40 Å². The summed E-state index contributed by atoms with van der Waals surface area (Å²) >= 11 is 0. The quantitative estimate of drug-likeness (QED) is 0.308. The number of hydrogen-bond donors (Lipinski definition) is 0. The highest BCUT2D eigenvalue weighted by molar-refractivity contribution is 6.08. The van der Waals surface area contributed by atoms with Gasteiger partial charge in [0.2, 0.25) is 0 Å². The zero-order chi connectivity index (χ0) is 23.0. The number of rotatable bonds is 5. The molecule has 4 rings (SSSR count). The third-order valence-corrected chi connectivity index (χ3v) is 5.88. The molecule has 1 heterocycles. The minimum Gasteiger partial charge on any atom is -0.272 e. The monoisotopic (exact) mass is 437 g/mol. The van der Waals surface area contributed by atoms with Crippen LogP contribution in [0.3, 0.4) is 0 Å². The van der Waals surface area contributed by atoms with Gasteiger partial charge < -0.3 is 0 Å². The van der Waals surface area contributed by atoms with Crippen LogP contribution in [0, 0.1) is 27.8 Å². The van der Waals surface area contributed by atoms with E-state index in [1.165, 1.54) is 30.3 Å². The Balaban J connectivity index is 1.72. The second-order valence-corrected chi connectivity index (χ2v) is 7.95. The number of nitro benzene ring substituents is 1. The lowest BCUT2D eigenvalue weighted by molar-refractivity contribution is -0.384. The first-order chi connectivity index (χ1) is 15.3. The number of halogens is 1. The van der Waals surface area contributed by atoms with Crippen LogP contribution in [0.15, 0.2) is 60.2 Å². The summed E-state index contributed by atoms with van der Waals surface area (Å²) in [4.78, 5) is 50.0. The number of allylic oxidation sites excluding steroid dienone is 2. The number of nitro groups is 1. The second kappa shape index (κ2) is 8.33. The summed E-state index contributed by atoms with van der Waals surface area (Å²) in [6.45, 7) is 1.54. The van der Waals surface area contributed by atoms with Gasteiger partial charge in [-0.2, -0.15) is 5.01 Å². The van der Waals surface area contributed by atoms with Gasteiger partial charge in [0.05, 0.1) is 23.3 Å². The van der Waals surface area contributed by atoms with Crippen LogP contribution < -0.4 is 0 Å². The van der Waals surface area contributed by atoms with Gasteiger partial charge in [-0.1, -0.05) is 29.8 Å². The van der Waals surface area contributed by atoms with Crippen molar-refractivity contribution in [2.75, 3.05) is 0 Å². The lowest BCUT2D eigenvalue weighted by Gasteiger charge is -2.30. The van der Waals surface area contributed by atoms with E-state index in [1.807, 2.05) is 13.0 Å². The molecule has 8 nitrogen and oxygen atoms in total. The van der Waals surface area contributed by atoms with E-state index in [9.17, 15) is 28.9 Å². The number of amides is 3. The molecule has 2 aliphatic rings. The fourth-order valence-corrected chi connectivity index (χ4v) is 4.15. The van der Waals surface area contributed by atoms with Crippen molar-refractivity contribution in [3.63, 3.8) is 0 Å². The van der Waals surface area contributed by atoms with Crippen molar-refractivity contribution < 1.29 is 23.7 Å². The molecule has 0 unspecified atom stereocenters. The first-order valence-corrected chi connectivity index (χ1v) is 10.1. The van der Waals surface area contributed by atoms with E-state index in [4.69, 9.17) is 0 Å². The predicted molar refractivity (Wildman–Crippen MR) is 111 cm³/mol. The van der Waals surface area contributed by atoms with Gasteiger partial charge in [0, 0.05) is 23.3 Å². The van der Waals surface area contributed by atoms with Crippen LogP contribution in [0.2, 0.25) is 0 Å². The Bertz CT molecular complexity index is 1140. The summed E-state index contributed by atoms with van der Waals surface area (Å²) in [7, 11) is 0. The van der Waals surface area contributed by atoms with Gasteiger partial charge >= 0.3 is 0 Å². The number of nitrogens with zero attached hydrogens (tertiary/aromatic N) is 3. The lowest BCUT2D eigenvalue weighted by Crippen LogP contribution is -2.50. The van der Waals surface area contributed by atoms with Crippen LogP contribution in [-0.4, -0.2) is 32.7 Å². The highest BCUT2D eigenvalue weighted by Crippen LogP contribution is 2.39. The van der Waals surface area contributed by atoms with E-state index in [1.54, 1.807) is 6.07 Å². The molecule has 164 valence electrons. The number of carbonyl (C=O) groups is 3. The standard InChI is InChI=1S/C23H20FN3O5/c1-14-6-11-18-19(12-14)23(30)26(22(18)29)25(13-16-4-2-3-5-20(16)24)21(28)15-7-9-17(10-8-15)27(31)32/h2-10,18-19H,11-13H2,1H3/t18-,19-/m0/s1. The molecule has 3 amide bonds. The Morgan fingerprint density at radius 2 is 1.78 bits per heavy atom. The van der Waals surface area contributed by atoms with Gasteiger partial charge in [0.1, 0.15) is 5.82 Å². The molecule has 2 atom stereocenters. The smallest absolute Gasteiger partial charge is 0.272 e. The van der Waals surface area contributed by atoms with Crippen molar-refractivity contribution in [2.45, 2.75) is 26.3 Å². The summed E-state index contributed by atoms with van der Waals surface area (Å²) in [5.41, 5.74) is 0.962. The number of carbonyl (C=O) groups excluding carboxylic acids is 3. The van der Waals surface area contributed by atoms with Crippen LogP contribution >= 0.6 is 0 Å². The van der Waals surface area contributed by atoms with E-state index < -0.39 is 40.3 Å². The Hall–Kier alpha value is -3.88. The predicted octanol–water partition coefficient (Wildman–Crippen LogP) is 3.63. The van der Waals surface area contributed by atoms with Crippen molar-refractivity contribution in [1.29, 1.82) is 0 Å². The zero-order valence-electron chi connectivity index (χ0n) is 17.2. The molecule has 0 N–H and O–H groups in total. The van der Waals surface area contributed by atoms with E-state index in [0.717, 1.165) is 27.7 Å². The van der Waals surface area contributed by atoms with Crippen molar-refractivity contribution in [3.8, 4) is 0 Å². The van der Waals surface area contributed by atoms with Crippen LogP contribution in [0.4, 0.5) is 10.1 Å². The van der Waals surface area contributed by atoms with Gasteiger partial charge in [-0.05, 0) is 38.0 Å². The van der Waals surface area contributed by atoms with Gasteiger partial charge in [0.25, 0.3) is 23.4 Å². The molecule has 0 bridgehead atoms. The zero-order valence-corrected chi connectivity index (χ0v) is 17.2. The largest absolute Gasteiger partial charge is 0.273 e. The summed E-state index contributed by atoms with van der Waals surface area (Å²) in [6.07, 6.45) is 2.73. The van der Waals surface area contributed by atoms with Crippen molar-refractivity contribution in [2.24, 2.45) is 11.8 Å². The van der Waals surface area contributed by atoms with E-state index in [-0.39, 0.29) is 23.4 Å². The number of hydrazine groups is 1. The Kier molecular flexibility index (Phi) is 5.56. The molecule has 1 saturated heterocycles. The molecule has 0 spiro atoms. The molecule has 1 aliphatic carbocycles. The topological polar surface area (TPSA) is 101 Å².